The van der Waals surface area contributed by atoms with Crippen molar-refractivity contribution >= 4 is 23.2 Å². The average Bonchev–Trinajstić information content (AvgIpc) is 2.85. The number of hydrogen-bond acceptors (Lipinski definition) is 6. The van der Waals surface area contributed by atoms with Crippen LogP contribution in [0.2, 0.25) is 5.15 Å². The molecule has 0 saturated heterocycles. The van der Waals surface area contributed by atoms with E-state index in [9.17, 15) is 0 Å². The van der Waals surface area contributed by atoms with Crippen molar-refractivity contribution in [2.24, 2.45) is 0 Å². The molecule has 102 valence electrons. The van der Waals surface area contributed by atoms with Crippen molar-refractivity contribution in [3.05, 3.63) is 23.2 Å². The number of aromatic nitrogens is 5. The summed E-state index contributed by atoms with van der Waals surface area (Å²) in [6.07, 6.45) is 3.93. The number of fused-ring (bicyclic) bond motifs is 1. The van der Waals surface area contributed by atoms with Crippen LogP contribution in [0.5, 0.6) is 0 Å². The molecule has 0 aromatic carbocycles. The highest BCUT2D eigenvalue weighted by Gasteiger charge is 2.42. The van der Waals surface area contributed by atoms with E-state index in [0.717, 1.165) is 18.5 Å². The molecule has 3 heterocycles. The minimum Gasteiger partial charge on any atom is -0.442 e. The lowest BCUT2D eigenvalue weighted by molar-refractivity contribution is 0.564. The Morgan fingerprint density at radius 1 is 1.35 bits per heavy atom. The summed E-state index contributed by atoms with van der Waals surface area (Å²) in [6.45, 7) is 2.16. The van der Waals surface area contributed by atoms with Crippen LogP contribution in [0.15, 0.2) is 16.7 Å². The largest absolute Gasteiger partial charge is 0.442 e. The Balaban J connectivity index is 1.82. The molecule has 0 unspecified atom stereocenters. The molecule has 0 atom stereocenters. The van der Waals surface area contributed by atoms with Gasteiger partial charge >= 0.3 is 0 Å². The van der Waals surface area contributed by atoms with Gasteiger partial charge in [-0.05, 0) is 12.8 Å². The first-order valence-electron chi connectivity index (χ1n) is 6.20. The van der Waals surface area contributed by atoms with Crippen molar-refractivity contribution in [3.8, 4) is 11.7 Å². The van der Waals surface area contributed by atoms with Crippen LogP contribution in [0.3, 0.4) is 0 Å². The summed E-state index contributed by atoms with van der Waals surface area (Å²) in [5, 5.41) is 4.51. The zero-order valence-corrected chi connectivity index (χ0v) is 11.4. The number of hydrogen-bond donors (Lipinski definition) is 1. The van der Waals surface area contributed by atoms with Crippen molar-refractivity contribution in [2.75, 3.05) is 5.73 Å². The lowest BCUT2D eigenvalue weighted by Gasteiger charge is -1.98. The number of oxazole rings is 1. The normalized spacial score (nSPS) is 16.7. The van der Waals surface area contributed by atoms with Crippen LogP contribution < -0.4 is 5.73 Å². The van der Waals surface area contributed by atoms with E-state index in [1.54, 1.807) is 12.3 Å². The van der Waals surface area contributed by atoms with Gasteiger partial charge in [0, 0.05) is 11.5 Å². The molecule has 20 heavy (non-hydrogen) atoms. The number of nitrogen functional groups attached to an aromatic ring is 1. The fraction of sp³-hybridized carbons (Fsp3) is 0.333. The van der Waals surface area contributed by atoms with Crippen LogP contribution in [0.25, 0.3) is 17.4 Å². The SMILES string of the molecule is CC1(c2coc(-c3nc4cc(Cl)nc(N)n4n3)n2)CC1. The predicted octanol–water partition coefficient (Wildman–Crippen LogP) is 2.07. The summed E-state index contributed by atoms with van der Waals surface area (Å²) in [4.78, 5) is 12.7. The van der Waals surface area contributed by atoms with Crippen LogP contribution in [0.1, 0.15) is 25.5 Å². The summed E-state index contributed by atoms with van der Waals surface area (Å²) in [6, 6.07) is 1.58. The highest BCUT2D eigenvalue weighted by atomic mass is 35.5. The van der Waals surface area contributed by atoms with Gasteiger partial charge in [-0.25, -0.2) is 15.0 Å². The monoisotopic (exact) mass is 290 g/mol. The minimum atomic E-state index is 0.144. The Kier molecular flexibility index (Phi) is 2.15. The van der Waals surface area contributed by atoms with Gasteiger partial charge in [-0.15, -0.1) is 5.10 Å². The zero-order valence-electron chi connectivity index (χ0n) is 10.7. The average molecular weight is 291 g/mol. The first-order chi connectivity index (χ1) is 9.55. The lowest BCUT2D eigenvalue weighted by atomic mass is 10.1. The van der Waals surface area contributed by atoms with Gasteiger partial charge in [-0.2, -0.15) is 4.52 Å². The Morgan fingerprint density at radius 2 is 2.15 bits per heavy atom. The van der Waals surface area contributed by atoms with Gasteiger partial charge in [0.2, 0.25) is 11.8 Å². The molecule has 1 aliphatic carbocycles. The number of rotatable bonds is 2. The molecule has 0 spiro atoms. The van der Waals surface area contributed by atoms with Gasteiger partial charge in [-0.3, -0.25) is 0 Å². The van der Waals surface area contributed by atoms with E-state index < -0.39 is 0 Å². The Labute approximate surface area is 118 Å². The third-order valence-corrected chi connectivity index (χ3v) is 3.83. The van der Waals surface area contributed by atoms with Gasteiger partial charge < -0.3 is 10.2 Å². The quantitative estimate of drug-likeness (QED) is 0.726. The topological polar surface area (TPSA) is 95.1 Å². The molecule has 0 radical (unpaired) electrons. The van der Waals surface area contributed by atoms with Crippen LogP contribution >= 0.6 is 11.6 Å². The highest BCUT2D eigenvalue weighted by Crippen LogP contribution is 2.47. The van der Waals surface area contributed by atoms with E-state index in [4.69, 9.17) is 21.8 Å². The number of nitrogens with zero attached hydrogens (tertiary/aromatic N) is 5. The Morgan fingerprint density at radius 3 is 2.90 bits per heavy atom. The first-order valence-corrected chi connectivity index (χ1v) is 6.58. The molecular formula is C12H11ClN6O. The summed E-state index contributed by atoms with van der Waals surface area (Å²) >= 11 is 5.84. The molecule has 3 aromatic heterocycles. The smallest absolute Gasteiger partial charge is 0.267 e. The van der Waals surface area contributed by atoms with E-state index in [2.05, 4.69) is 27.0 Å². The molecule has 1 saturated carbocycles. The van der Waals surface area contributed by atoms with Crippen molar-refractivity contribution in [3.63, 3.8) is 0 Å². The molecule has 2 N–H and O–H groups in total. The van der Waals surface area contributed by atoms with Crippen LogP contribution in [0, 0.1) is 0 Å². The summed E-state index contributed by atoms with van der Waals surface area (Å²) in [7, 11) is 0. The molecule has 7 nitrogen and oxygen atoms in total. The maximum atomic E-state index is 5.84. The maximum Gasteiger partial charge on any atom is 0.267 e. The summed E-state index contributed by atoms with van der Waals surface area (Å²) < 4.78 is 6.88. The van der Waals surface area contributed by atoms with Crippen LogP contribution in [-0.4, -0.2) is 24.6 Å². The van der Waals surface area contributed by atoms with E-state index in [0.29, 0.717) is 17.4 Å². The second kappa shape index (κ2) is 3.69. The third kappa shape index (κ3) is 1.66. The van der Waals surface area contributed by atoms with Crippen LogP contribution in [0.4, 0.5) is 5.95 Å². The van der Waals surface area contributed by atoms with E-state index in [1.807, 2.05) is 0 Å². The second-order valence-electron chi connectivity index (χ2n) is 5.24. The highest BCUT2D eigenvalue weighted by molar-refractivity contribution is 6.29. The summed E-state index contributed by atoms with van der Waals surface area (Å²) in [5.74, 6) is 0.927. The lowest BCUT2D eigenvalue weighted by Crippen LogP contribution is -2.01. The molecule has 4 rings (SSSR count). The Hall–Kier alpha value is -2.15. The molecule has 0 amide bonds. The second-order valence-corrected chi connectivity index (χ2v) is 5.63. The zero-order chi connectivity index (χ0) is 13.9. The molecule has 8 heteroatoms. The van der Waals surface area contributed by atoms with Gasteiger partial charge in [0.05, 0.1) is 5.69 Å². The Bertz CT molecular complexity index is 819. The molecule has 1 aliphatic rings. The van der Waals surface area contributed by atoms with Crippen molar-refractivity contribution < 1.29 is 4.42 Å². The number of halogens is 1. The molecule has 0 aliphatic heterocycles. The standard InChI is InChI=1S/C12H11ClN6O/c1-12(2-3-12)6-5-20-10(15-6)9-17-8-4-7(13)16-11(14)19(8)18-9/h4-5H,2-3H2,1H3,(H2,14,16). The fourth-order valence-electron chi connectivity index (χ4n) is 2.07. The molecule has 0 bridgehead atoms. The fourth-order valence-corrected chi connectivity index (χ4v) is 2.25. The van der Waals surface area contributed by atoms with Crippen molar-refractivity contribution in [1.82, 2.24) is 24.6 Å². The van der Waals surface area contributed by atoms with Gasteiger partial charge in [0.15, 0.2) is 5.65 Å². The molecule has 3 aromatic rings. The van der Waals surface area contributed by atoms with Crippen molar-refractivity contribution in [2.45, 2.75) is 25.2 Å². The van der Waals surface area contributed by atoms with Gasteiger partial charge in [0.1, 0.15) is 11.4 Å². The van der Waals surface area contributed by atoms with E-state index in [-0.39, 0.29) is 16.5 Å². The van der Waals surface area contributed by atoms with E-state index >= 15 is 0 Å². The molecular weight excluding hydrogens is 280 g/mol. The number of anilines is 1. The number of nitrogens with two attached hydrogens (primary N) is 1. The van der Waals surface area contributed by atoms with E-state index in [1.165, 1.54) is 4.52 Å². The van der Waals surface area contributed by atoms with Gasteiger partial charge in [0.25, 0.3) is 5.89 Å². The van der Waals surface area contributed by atoms with Gasteiger partial charge in [-0.1, -0.05) is 18.5 Å². The third-order valence-electron chi connectivity index (χ3n) is 3.63. The maximum absolute atomic E-state index is 5.84. The predicted molar refractivity (Wildman–Crippen MR) is 72.3 cm³/mol. The first kappa shape index (κ1) is 11.7. The van der Waals surface area contributed by atoms with Crippen molar-refractivity contribution in [1.29, 1.82) is 0 Å². The summed E-state index contributed by atoms with van der Waals surface area (Å²) in [5.41, 5.74) is 7.34. The molecule has 1 fully saturated rings. The minimum absolute atomic E-state index is 0.144. The van der Waals surface area contributed by atoms with Crippen LogP contribution in [-0.2, 0) is 5.41 Å².